The zero-order chi connectivity index (χ0) is 12.9. The number of nitrogens with zero attached hydrogens (tertiary/aromatic N) is 1. The third-order valence-electron chi connectivity index (χ3n) is 4.82. The average Bonchev–Trinajstić information content (AvgIpc) is 3.25. The highest BCUT2D eigenvalue weighted by Crippen LogP contribution is 2.44. The van der Waals surface area contributed by atoms with Crippen LogP contribution >= 0.6 is 0 Å². The maximum absolute atomic E-state index is 12.1. The third kappa shape index (κ3) is 1.79. The lowest BCUT2D eigenvalue weighted by atomic mass is 9.84. The van der Waals surface area contributed by atoms with Gasteiger partial charge in [0.05, 0.1) is 12.2 Å². The highest BCUT2D eigenvalue weighted by atomic mass is 16.5. The molecule has 0 bridgehead atoms. The molecule has 100 valence electrons. The summed E-state index contributed by atoms with van der Waals surface area (Å²) in [4.78, 5) is 14.1. The van der Waals surface area contributed by atoms with Gasteiger partial charge in [0, 0.05) is 19.0 Å². The lowest BCUT2D eigenvalue weighted by molar-refractivity contribution is -0.139. The van der Waals surface area contributed by atoms with E-state index < -0.39 is 0 Å². The van der Waals surface area contributed by atoms with E-state index in [2.05, 4.69) is 24.3 Å². The zero-order valence-electron chi connectivity index (χ0n) is 11.1. The van der Waals surface area contributed by atoms with Crippen molar-refractivity contribution in [3.63, 3.8) is 0 Å². The predicted molar refractivity (Wildman–Crippen MR) is 71.4 cm³/mol. The van der Waals surface area contributed by atoms with Crippen LogP contribution in [0.25, 0.3) is 0 Å². The smallest absolute Gasteiger partial charge is 0.225 e. The number of benzene rings is 1. The van der Waals surface area contributed by atoms with E-state index in [1.165, 1.54) is 11.1 Å². The van der Waals surface area contributed by atoms with E-state index >= 15 is 0 Å². The Labute approximate surface area is 113 Å². The number of likely N-dealkylation sites (tertiary alicyclic amines) is 1. The van der Waals surface area contributed by atoms with Crippen molar-refractivity contribution in [2.24, 2.45) is 5.92 Å². The van der Waals surface area contributed by atoms with Gasteiger partial charge in [-0.05, 0) is 36.8 Å². The van der Waals surface area contributed by atoms with Crippen LogP contribution in [0.4, 0.5) is 0 Å². The molecule has 1 saturated carbocycles. The summed E-state index contributed by atoms with van der Waals surface area (Å²) < 4.78 is 6.12. The van der Waals surface area contributed by atoms with Gasteiger partial charge in [-0.1, -0.05) is 24.3 Å². The molecule has 1 spiro atoms. The van der Waals surface area contributed by atoms with Gasteiger partial charge in [0.1, 0.15) is 0 Å². The van der Waals surface area contributed by atoms with E-state index in [-0.39, 0.29) is 5.60 Å². The van der Waals surface area contributed by atoms with Crippen molar-refractivity contribution in [3.05, 3.63) is 35.4 Å². The van der Waals surface area contributed by atoms with E-state index in [1.54, 1.807) is 0 Å². The average molecular weight is 257 g/mol. The van der Waals surface area contributed by atoms with Crippen LogP contribution < -0.4 is 0 Å². The Bertz CT molecular complexity index is 513. The zero-order valence-corrected chi connectivity index (χ0v) is 11.1. The number of rotatable bonds is 1. The molecule has 2 aliphatic heterocycles. The molecule has 0 unspecified atom stereocenters. The maximum atomic E-state index is 12.1. The van der Waals surface area contributed by atoms with E-state index in [1.807, 2.05) is 4.90 Å². The Morgan fingerprint density at radius 1 is 1.21 bits per heavy atom. The minimum absolute atomic E-state index is 0.114. The van der Waals surface area contributed by atoms with Crippen LogP contribution in [0.2, 0.25) is 0 Å². The molecule has 0 aromatic heterocycles. The number of hydrogen-bond acceptors (Lipinski definition) is 2. The van der Waals surface area contributed by atoms with Gasteiger partial charge < -0.3 is 9.64 Å². The molecule has 19 heavy (non-hydrogen) atoms. The van der Waals surface area contributed by atoms with Crippen molar-refractivity contribution in [2.45, 2.75) is 37.9 Å². The van der Waals surface area contributed by atoms with Crippen LogP contribution in [-0.2, 0) is 21.7 Å². The second-order valence-corrected chi connectivity index (χ2v) is 6.04. The Hall–Kier alpha value is -1.35. The lowest BCUT2D eigenvalue weighted by Crippen LogP contribution is -2.45. The molecule has 1 aliphatic carbocycles. The lowest BCUT2D eigenvalue weighted by Gasteiger charge is -2.39. The fraction of sp³-hybridized carbons (Fsp3) is 0.562. The highest BCUT2D eigenvalue weighted by Gasteiger charge is 2.44. The Balaban J connectivity index is 1.52. The van der Waals surface area contributed by atoms with Crippen LogP contribution in [0.15, 0.2) is 24.3 Å². The summed E-state index contributed by atoms with van der Waals surface area (Å²) in [5.74, 6) is 0.715. The van der Waals surface area contributed by atoms with Gasteiger partial charge >= 0.3 is 0 Å². The number of ether oxygens (including phenoxy) is 1. The molecule has 3 aliphatic rings. The Kier molecular flexibility index (Phi) is 2.46. The van der Waals surface area contributed by atoms with Gasteiger partial charge in [0.2, 0.25) is 5.91 Å². The molecule has 3 nitrogen and oxygen atoms in total. The van der Waals surface area contributed by atoms with Gasteiger partial charge in [-0.25, -0.2) is 0 Å². The maximum Gasteiger partial charge on any atom is 0.225 e. The molecule has 1 aromatic carbocycles. The normalized spacial score (nSPS) is 24.5. The van der Waals surface area contributed by atoms with E-state index in [9.17, 15) is 4.79 Å². The first-order chi connectivity index (χ1) is 9.28. The molecular formula is C16H19NO2. The van der Waals surface area contributed by atoms with E-state index in [4.69, 9.17) is 4.74 Å². The standard InChI is InChI=1S/C16H19NO2/c18-15(12-5-6-12)17-9-7-16(8-10-17)14-4-2-1-3-13(14)11-19-16/h1-4,12H,5-11H2. The summed E-state index contributed by atoms with van der Waals surface area (Å²) in [5, 5.41) is 0. The number of amides is 1. The highest BCUT2D eigenvalue weighted by molar-refractivity contribution is 5.81. The number of carbonyl (C=O) groups excluding carboxylic acids is 1. The first kappa shape index (κ1) is 11.5. The minimum atomic E-state index is -0.114. The van der Waals surface area contributed by atoms with Crippen molar-refractivity contribution in [2.75, 3.05) is 13.1 Å². The topological polar surface area (TPSA) is 29.5 Å². The number of carbonyl (C=O) groups is 1. The van der Waals surface area contributed by atoms with E-state index in [0.717, 1.165) is 45.4 Å². The monoisotopic (exact) mass is 257 g/mol. The largest absolute Gasteiger partial charge is 0.365 e. The van der Waals surface area contributed by atoms with E-state index in [0.29, 0.717) is 11.8 Å². The molecule has 0 radical (unpaired) electrons. The molecule has 0 atom stereocenters. The molecule has 3 heteroatoms. The molecule has 1 saturated heterocycles. The molecule has 2 heterocycles. The van der Waals surface area contributed by atoms with Crippen LogP contribution in [0.1, 0.15) is 36.8 Å². The fourth-order valence-corrected chi connectivity index (χ4v) is 3.47. The summed E-state index contributed by atoms with van der Waals surface area (Å²) in [5.41, 5.74) is 2.56. The summed E-state index contributed by atoms with van der Waals surface area (Å²) in [6, 6.07) is 8.52. The molecular weight excluding hydrogens is 238 g/mol. The first-order valence-corrected chi connectivity index (χ1v) is 7.30. The third-order valence-corrected chi connectivity index (χ3v) is 4.82. The van der Waals surface area contributed by atoms with Crippen molar-refractivity contribution in [1.29, 1.82) is 0 Å². The Morgan fingerprint density at radius 3 is 2.68 bits per heavy atom. The number of fused-ring (bicyclic) bond motifs is 2. The van der Waals surface area contributed by atoms with Gasteiger partial charge in [-0.3, -0.25) is 4.79 Å². The van der Waals surface area contributed by atoms with Gasteiger partial charge in [-0.2, -0.15) is 0 Å². The van der Waals surface area contributed by atoms with Crippen molar-refractivity contribution in [3.8, 4) is 0 Å². The SMILES string of the molecule is O=C(C1CC1)N1CCC2(CC1)OCc1ccccc12. The second kappa shape index (κ2) is 4.07. The minimum Gasteiger partial charge on any atom is -0.365 e. The first-order valence-electron chi connectivity index (χ1n) is 7.30. The Morgan fingerprint density at radius 2 is 1.95 bits per heavy atom. The van der Waals surface area contributed by atoms with Crippen LogP contribution in [0, 0.1) is 5.92 Å². The van der Waals surface area contributed by atoms with Crippen molar-refractivity contribution < 1.29 is 9.53 Å². The van der Waals surface area contributed by atoms with Gasteiger partial charge in [-0.15, -0.1) is 0 Å². The quantitative estimate of drug-likeness (QED) is 0.773. The van der Waals surface area contributed by atoms with Crippen LogP contribution in [0.5, 0.6) is 0 Å². The fourth-order valence-electron chi connectivity index (χ4n) is 3.47. The molecule has 0 N–H and O–H groups in total. The van der Waals surface area contributed by atoms with Crippen LogP contribution in [-0.4, -0.2) is 23.9 Å². The number of piperidine rings is 1. The van der Waals surface area contributed by atoms with Crippen molar-refractivity contribution >= 4 is 5.91 Å². The summed E-state index contributed by atoms with van der Waals surface area (Å²) in [7, 11) is 0. The number of hydrogen-bond donors (Lipinski definition) is 0. The van der Waals surface area contributed by atoms with Crippen LogP contribution in [0.3, 0.4) is 0 Å². The molecule has 1 aromatic rings. The predicted octanol–water partition coefficient (Wildman–Crippen LogP) is 2.44. The second-order valence-electron chi connectivity index (χ2n) is 6.04. The molecule has 4 rings (SSSR count). The molecule has 1 amide bonds. The summed E-state index contributed by atoms with van der Waals surface area (Å²) in [6.07, 6.45) is 4.09. The summed E-state index contributed by atoms with van der Waals surface area (Å²) in [6.45, 7) is 2.43. The van der Waals surface area contributed by atoms with Crippen molar-refractivity contribution in [1.82, 2.24) is 4.90 Å². The molecule has 2 fully saturated rings. The summed E-state index contributed by atoms with van der Waals surface area (Å²) >= 11 is 0. The van der Waals surface area contributed by atoms with Gasteiger partial charge in [0.25, 0.3) is 0 Å². The van der Waals surface area contributed by atoms with Gasteiger partial charge in [0.15, 0.2) is 0 Å².